The van der Waals surface area contributed by atoms with Crippen LogP contribution in [0.5, 0.6) is 5.75 Å². The summed E-state index contributed by atoms with van der Waals surface area (Å²) in [5.74, 6) is -0.960. The predicted molar refractivity (Wildman–Crippen MR) is 129 cm³/mol. The summed E-state index contributed by atoms with van der Waals surface area (Å²) in [4.78, 5) is 12.6. The van der Waals surface area contributed by atoms with E-state index in [2.05, 4.69) is 5.32 Å². The van der Waals surface area contributed by atoms with E-state index in [0.29, 0.717) is 16.9 Å². The Kier molecular flexibility index (Phi) is 9.48. The van der Waals surface area contributed by atoms with Gasteiger partial charge < -0.3 is 24.8 Å². The van der Waals surface area contributed by atoms with Gasteiger partial charge in [-0.05, 0) is 23.3 Å². The first-order valence-corrected chi connectivity index (χ1v) is 11.3. The zero-order valence-electron chi connectivity index (χ0n) is 17.8. The van der Waals surface area contributed by atoms with Crippen LogP contribution in [0.1, 0.15) is 22.5 Å². The second-order valence-corrected chi connectivity index (χ2v) is 8.91. The van der Waals surface area contributed by atoms with Crippen LogP contribution in [0.25, 0.3) is 0 Å². The van der Waals surface area contributed by atoms with Crippen LogP contribution in [0, 0.1) is 5.41 Å². The molecule has 0 spiro atoms. The summed E-state index contributed by atoms with van der Waals surface area (Å²) in [7, 11) is -2.69. The molecule has 0 aliphatic rings. The maximum absolute atomic E-state index is 13.7. The first kappa shape index (κ1) is 25.9. The van der Waals surface area contributed by atoms with Crippen molar-refractivity contribution in [3.05, 3.63) is 102 Å². The van der Waals surface area contributed by atoms with E-state index in [1.165, 1.54) is 7.11 Å². The fourth-order valence-electron chi connectivity index (χ4n) is 2.89. The Morgan fingerprint density at radius 2 is 1.58 bits per heavy atom. The molecule has 0 saturated heterocycles. The Morgan fingerprint density at radius 3 is 2.12 bits per heavy atom. The number of hydrogen-bond acceptors (Lipinski definition) is 6. The molecule has 2 unspecified atom stereocenters. The van der Waals surface area contributed by atoms with Crippen molar-refractivity contribution in [1.82, 2.24) is 5.32 Å². The summed E-state index contributed by atoms with van der Waals surface area (Å²) in [5.41, 5.74) is 7.24. The lowest BCUT2D eigenvalue weighted by Gasteiger charge is -2.27. The van der Waals surface area contributed by atoms with Crippen LogP contribution in [0.15, 0.2) is 84.9 Å². The Balaban J connectivity index is 0.00000385. The number of nitrogen functional groups attached to an aromatic ring is 1. The molecular formula is C23H25ClN3O5P. The molecule has 0 saturated carbocycles. The number of carbonyl (C=O) groups is 1. The van der Waals surface area contributed by atoms with Crippen molar-refractivity contribution in [3.63, 3.8) is 0 Å². The van der Waals surface area contributed by atoms with E-state index in [4.69, 9.17) is 24.9 Å². The number of rotatable bonds is 9. The number of hydrogen-bond donors (Lipinski definition) is 3. The lowest BCUT2D eigenvalue weighted by Crippen LogP contribution is -2.30. The molecule has 4 N–H and O–H groups in total. The molecule has 1 amide bonds. The maximum atomic E-state index is 13.7. The van der Waals surface area contributed by atoms with Gasteiger partial charge in [0.05, 0.1) is 0 Å². The molecule has 33 heavy (non-hydrogen) atoms. The molecule has 2 atom stereocenters. The Bertz CT molecular complexity index is 1100. The van der Waals surface area contributed by atoms with Crippen LogP contribution in [0.2, 0.25) is 0 Å². The van der Waals surface area contributed by atoms with Gasteiger partial charge in [-0.25, -0.2) is 9.36 Å². The van der Waals surface area contributed by atoms with Gasteiger partial charge >= 0.3 is 13.7 Å². The SMILES string of the molecule is COP(=O)(Oc1ccccc1)C(NC(=O)OCc1ccccc1)c1ccc(C(=N)N)cc1.Cl. The van der Waals surface area contributed by atoms with Crippen LogP contribution in [0.4, 0.5) is 4.79 Å². The molecule has 0 fully saturated rings. The molecule has 0 aliphatic carbocycles. The summed E-state index contributed by atoms with van der Waals surface area (Å²) >= 11 is 0. The second kappa shape index (κ2) is 12.1. The third-order valence-electron chi connectivity index (χ3n) is 4.55. The first-order valence-electron chi connectivity index (χ1n) is 9.73. The number of amides is 1. The van der Waals surface area contributed by atoms with Crippen LogP contribution in [0.3, 0.4) is 0 Å². The van der Waals surface area contributed by atoms with Crippen LogP contribution >= 0.6 is 20.0 Å². The molecule has 3 aromatic carbocycles. The van der Waals surface area contributed by atoms with Gasteiger partial charge in [0, 0.05) is 12.7 Å². The number of amidine groups is 1. The van der Waals surface area contributed by atoms with Gasteiger partial charge in [0.2, 0.25) is 0 Å². The second-order valence-electron chi connectivity index (χ2n) is 6.77. The van der Waals surface area contributed by atoms with E-state index in [1.54, 1.807) is 54.6 Å². The van der Waals surface area contributed by atoms with Crippen LogP contribution < -0.4 is 15.6 Å². The van der Waals surface area contributed by atoms with Gasteiger partial charge in [0.15, 0.2) is 5.78 Å². The Morgan fingerprint density at radius 1 is 1.00 bits per heavy atom. The van der Waals surface area contributed by atoms with Crippen molar-refractivity contribution in [1.29, 1.82) is 5.41 Å². The summed E-state index contributed by atoms with van der Waals surface area (Å²) < 4.78 is 30.0. The zero-order chi connectivity index (χ0) is 23.0. The normalized spacial score (nSPS) is 13.0. The number of halogens is 1. The van der Waals surface area contributed by atoms with Crippen molar-refractivity contribution >= 4 is 31.9 Å². The number of ether oxygens (including phenoxy) is 1. The minimum Gasteiger partial charge on any atom is -0.445 e. The standard InChI is InChI=1S/C23H24N3O5P.ClH/c1-29-32(28,31-20-10-6-3-7-11-20)22(19-14-12-18(13-15-19)21(24)25)26-23(27)30-16-17-8-4-2-5-9-17;/h2-15,22H,16H2,1H3,(H3,24,25)(H,26,27);1H. The number of nitrogens with two attached hydrogens (primary N) is 1. The van der Waals surface area contributed by atoms with Gasteiger partial charge in [-0.2, -0.15) is 0 Å². The van der Waals surface area contributed by atoms with Gasteiger partial charge in [-0.3, -0.25) is 5.41 Å². The van der Waals surface area contributed by atoms with Crippen molar-refractivity contribution in [2.75, 3.05) is 7.11 Å². The van der Waals surface area contributed by atoms with E-state index in [9.17, 15) is 9.36 Å². The summed E-state index contributed by atoms with van der Waals surface area (Å²) in [6, 6.07) is 24.1. The highest BCUT2D eigenvalue weighted by molar-refractivity contribution is 7.54. The predicted octanol–water partition coefficient (Wildman–Crippen LogP) is 5.24. The smallest absolute Gasteiger partial charge is 0.408 e. The van der Waals surface area contributed by atoms with Crippen LogP contribution in [-0.4, -0.2) is 19.0 Å². The highest BCUT2D eigenvalue weighted by atomic mass is 35.5. The van der Waals surface area contributed by atoms with Gasteiger partial charge in [0.1, 0.15) is 18.2 Å². The minimum atomic E-state index is -3.94. The third-order valence-corrected chi connectivity index (χ3v) is 6.59. The number of benzene rings is 3. The van der Waals surface area contributed by atoms with Crippen molar-refractivity contribution < 1.29 is 23.1 Å². The molecule has 0 aromatic heterocycles. The fourth-order valence-corrected chi connectivity index (χ4v) is 4.50. The van der Waals surface area contributed by atoms with Gasteiger partial charge in [-0.15, -0.1) is 12.4 Å². The number of alkyl carbamates (subject to hydrolysis) is 1. The molecule has 3 aromatic rings. The summed E-state index contributed by atoms with van der Waals surface area (Å²) in [6.07, 6.45) is -0.788. The lowest BCUT2D eigenvalue weighted by atomic mass is 10.1. The first-order chi connectivity index (χ1) is 15.4. The number of carbonyl (C=O) groups excluding carboxylic acids is 1. The minimum absolute atomic E-state index is 0. The fraction of sp³-hybridized carbons (Fsp3) is 0.130. The Hall–Kier alpha value is -3.32. The van der Waals surface area contributed by atoms with E-state index < -0.39 is 19.5 Å². The monoisotopic (exact) mass is 489 g/mol. The summed E-state index contributed by atoms with van der Waals surface area (Å²) in [5, 5.41) is 10.2. The van der Waals surface area contributed by atoms with E-state index in [-0.39, 0.29) is 24.8 Å². The molecule has 0 aliphatic heterocycles. The number of para-hydroxylation sites is 1. The van der Waals surface area contributed by atoms with Crippen molar-refractivity contribution in [3.8, 4) is 5.75 Å². The lowest BCUT2D eigenvalue weighted by molar-refractivity contribution is 0.137. The van der Waals surface area contributed by atoms with Crippen molar-refractivity contribution in [2.45, 2.75) is 12.4 Å². The number of nitrogens with one attached hydrogen (secondary N) is 2. The van der Waals surface area contributed by atoms with Crippen LogP contribution in [-0.2, 0) is 20.4 Å². The molecule has 0 radical (unpaired) electrons. The molecule has 8 nitrogen and oxygen atoms in total. The topological polar surface area (TPSA) is 124 Å². The average molecular weight is 490 g/mol. The molecule has 174 valence electrons. The molecule has 0 heterocycles. The molecule has 0 bridgehead atoms. The maximum Gasteiger partial charge on any atom is 0.408 e. The highest BCUT2D eigenvalue weighted by Crippen LogP contribution is 2.58. The van der Waals surface area contributed by atoms with Gasteiger partial charge in [0.25, 0.3) is 0 Å². The molecule has 10 heteroatoms. The Labute approximate surface area is 198 Å². The molecule has 3 rings (SSSR count). The zero-order valence-corrected chi connectivity index (χ0v) is 19.6. The van der Waals surface area contributed by atoms with Gasteiger partial charge in [-0.1, -0.05) is 72.8 Å². The quantitative estimate of drug-likeness (QED) is 0.214. The van der Waals surface area contributed by atoms with Crippen molar-refractivity contribution in [2.24, 2.45) is 5.73 Å². The third kappa shape index (κ3) is 7.08. The van der Waals surface area contributed by atoms with E-state index in [1.807, 2.05) is 30.3 Å². The summed E-state index contributed by atoms with van der Waals surface area (Å²) in [6.45, 7) is 0.0412. The van der Waals surface area contributed by atoms with E-state index in [0.717, 1.165) is 5.56 Å². The highest BCUT2D eigenvalue weighted by Gasteiger charge is 2.39. The average Bonchev–Trinajstić information content (AvgIpc) is 2.82. The largest absolute Gasteiger partial charge is 0.445 e. The van der Waals surface area contributed by atoms with E-state index >= 15 is 0 Å². The molecular weight excluding hydrogens is 465 g/mol.